The molecule has 0 bridgehead atoms. The van der Waals surface area contributed by atoms with Gasteiger partial charge in [0.15, 0.2) is 0 Å². The number of rotatable bonds is 7. The maximum atomic E-state index is 12.9. The highest BCUT2D eigenvalue weighted by Crippen LogP contribution is 2.37. The maximum absolute atomic E-state index is 12.9. The van der Waals surface area contributed by atoms with Gasteiger partial charge in [-0.1, -0.05) is 6.42 Å². The molecule has 2 amide bonds. The van der Waals surface area contributed by atoms with E-state index in [1.54, 1.807) is 0 Å². The molecule has 1 heterocycles. The van der Waals surface area contributed by atoms with Gasteiger partial charge in [-0.2, -0.15) is 13.2 Å². The highest BCUT2D eigenvalue weighted by atomic mass is 19.4. The third-order valence-electron chi connectivity index (χ3n) is 5.18. The normalized spacial score (nSPS) is 32.1. The second-order valence-electron chi connectivity index (χ2n) is 7.63. The lowest BCUT2D eigenvalue weighted by Gasteiger charge is -2.37. The molecule has 0 aromatic rings. The number of unbranched alkanes of at least 4 members (excludes halogenated alkanes) is 1. The van der Waals surface area contributed by atoms with Gasteiger partial charge in [0.25, 0.3) is 0 Å². The van der Waals surface area contributed by atoms with Gasteiger partial charge in [0, 0.05) is 12.1 Å². The zero-order valence-corrected chi connectivity index (χ0v) is 15.9. The number of amides is 2. The van der Waals surface area contributed by atoms with Gasteiger partial charge in [0.2, 0.25) is 0 Å². The Bertz CT molecular complexity index is 464. The van der Waals surface area contributed by atoms with Gasteiger partial charge in [-0.15, -0.1) is 0 Å². The van der Waals surface area contributed by atoms with E-state index in [-0.39, 0.29) is 25.0 Å². The van der Waals surface area contributed by atoms with Gasteiger partial charge < -0.3 is 21.7 Å². The summed E-state index contributed by atoms with van der Waals surface area (Å²) in [4.78, 5) is 12.2. The molecular formula is C17H33F3N6O. The largest absolute Gasteiger partial charge is 0.391 e. The SMILES string of the molecule is CC1CC(NCCCCN)NC(NC(=O)NC2CCCC(C(F)(F)F)C2)N1. The molecule has 2 aliphatic rings. The molecule has 1 saturated carbocycles. The summed E-state index contributed by atoms with van der Waals surface area (Å²) in [6.07, 6.45) is -0.645. The van der Waals surface area contributed by atoms with Gasteiger partial charge in [-0.05, 0) is 58.5 Å². The molecule has 7 N–H and O–H groups in total. The Balaban J connectivity index is 1.75. The second kappa shape index (κ2) is 10.4. The van der Waals surface area contributed by atoms with E-state index in [1.807, 2.05) is 6.92 Å². The fourth-order valence-electron chi connectivity index (χ4n) is 3.77. The molecule has 5 atom stereocenters. The van der Waals surface area contributed by atoms with Crippen molar-refractivity contribution < 1.29 is 18.0 Å². The average molecular weight is 394 g/mol. The Labute approximate surface area is 158 Å². The lowest BCUT2D eigenvalue weighted by atomic mass is 9.85. The van der Waals surface area contributed by atoms with Crippen LogP contribution in [0.1, 0.15) is 51.9 Å². The molecule has 7 nitrogen and oxygen atoms in total. The Hall–Kier alpha value is -1.10. The number of nitrogens with one attached hydrogen (secondary N) is 5. The van der Waals surface area contributed by atoms with Gasteiger partial charge in [0.05, 0.1) is 12.1 Å². The molecule has 5 unspecified atom stereocenters. The first kappa shape index (κ1) is 22.2. The summed E-state index contributed by atoms with van der Waals surface area (Å²) < 4.78 is 38.7. The topological polar surface area (TPSA) is 103 Å². The molecule has 2 rings (SSSR count). The van der Waals surface area contributed by atoms with Gasteiger partial charge >= 0.3 is 12.2 Å². The number of carbonyl (C=O) groups excluding carboxylic acids is 1. The van der Waals surface area contributed by atoms with E-state index in [9.17, 15) is 18.0 Å². The van der Waals surface area contributed by atoms with Crippen molar-refractivity contribution in [1.29, 1.82) is 0 Å². The molecule has 0 aromatic heterocycles. The summed E-state index contributed by atoms with van der Waals surface area (Å²) in [6.45, 7) is 3.52. The smallest absolute Gasteiger partial charge is 0.335 e. The third-order valence-corrected chi connectivity index (χ3v) is 5.18. The van der Waals surface area contributed by atoms with Crippen molar-refractivity contribution in [1.82, 2.24) is 26.6 Å². The summed E-state index contributed by atoms with van der Waals surface area (Å²) in [5.41, 5.74) is 5.49. The van der Waals surface area contributed by atoms with E-state index in [1.165, 1.54) is 0 Å². The predicted octanol–water partition coefficient (Wildman–Crippen LogP) is 1.32. The molecule has 158 valence electrons. The molecule has 0 aromatic carbocycles. The molecule has 10 heteroatoms. The van der Waals surface area contributed by atoms with E-state index in [4.69, 9.17) is 5.73 Å². The standard InChI is InChI=1S/C17H33F3N6O/c1-11-9-14(22-8-3-2-7-21)25-15(23-11)26-16(27)24-13-6-4-5-12(10-13)17(18,19)20/h11-15,22-23,25H,2-10,21H2,1H3,(H2,24,26,27). The Kier molecular flexibility index (Phi) is 8.59. The highest BCUT2D eigenvalue weighted by Gasteiger charge is 2.42. The van der Waals surface area contributed by atoms with Crippen LogP contribution in [-0.4, -0.2) is 49.8 Å². The monoisotopic (exact) mass is 394 g/mol. The van der Waals surface area contributed by atoms with Gasteiger partial charge in [-0.3, -0.25) is 10.6 Å². The van der Waals surface area contributed by atoms with Crippen molar-refractivity contribution in [2.75, 3.05) is 13.1 Å². The van der Waals surface area contributed by atoms with Crippen LogP contribution in [-0.2, 0) is 0 Å². The minimum atomic E-state index is -4.19. The average Bonchev–Trinajstić information content (AvgIpc) is 2.57. The van der Waals surface area contributed by atoms with Crippen molar-refractivity contribution in [2.24, 2.45) is 11.7 Å². The molecule has 0 spiro atoms. The van der Waals surface area contributed by atoms with E-state index >= 15 is 0 Å². The first-order chi connectivity index (χ1) is 12.8. The lowest BCUT2D eigenvalue weighted by molar-refractivity contribution is -0.183. The third kappa shape index (κ3) is 7.81. The summed E-state index contributed by atoms with van der Waals surface area (Å²) >= 11 is 0. The van der Waals surface area contributed by atoms with Crippen molar-refractivity contribution in [3.63, 3.8) is 0 Å². The van der Waals surface area contributed by atoms with Gasteiger partial charge in [-0.25, -0.2) is 4.79 Å². The Morgan fingerprint density at radius 3 is 2.63 bits per heavy atom. The first-order valence-electron chi connectivity index (χ1n) is 9.87. The van der Waals surface area contributed by atoms with Crippen LogP contribution >= 0.6 is 0 Å². The minimum absolute atomic E-state index is 0.0496. The molecule has 27 heavy (non-hydrogen) atoms. The molecule has 0 radical (unpaired) electrons. The van der Waals surface area contributed by atoms with Crippen molar-refractivity contribution >= 4 is 6.03 Å². The highest BCUT2D eigenvalue weighted by molar-refractivity contribution is 5.74. The van der Waals surface area contributed by atoms with Crippen LogP contribution < -0.4 is 32.3 Å². The molecule has 2 fully saturated rings. The number of nitrogens with two attached hydrogens (primary N) is 1. The molecule has 1 aliphatic carbocycles. The summed E-state index contributed by atoms with van der Waals surface area (Å²) in [6, 6.07) is -0.715. The second-order valence-corrected chi connectivity index (χ2v) is 7.63. The van der Waals surface area contributed by atoms with Crippen molar-refractivity contribution in [2.45, 2.75) is 82.6 Å². The van der Waals surface area contributed by atoms with Crippen LogP contribution in [0.3, 0.4) is 0 Å². The number of carbonyl (C=O) groups is 1. The van der Waals surface area contributed by atoms with Gasteiger partial charge in [0.1, 0.15) is 6.29 Å². The van der Waals surface area contributed by atoms with Crippen LogP contribution in [0.25, 0.3) is 0 Å². The number of hydrogen-bond donors (Lipinski definition) is 6. The van der Waals surface area contributed by atoms with E-state index in [0.29, 0.717) is 19.4 Å². The van der Waals surface area contributed by atoms with Crippen LogP contribution in [0.15, 0.2) is 0 Å². The van der Waals surface area contributed by atoms with Crippen LogP contribution in [0.2, 0.25) is 0 Å². The number of urea groups is 1. The van der Waals surface area contributed by atoms with Crippen LogP contribution in [0.5, 0.6) is 0 Å². The van der Waals surface area contributed by atoms with Crippen molar-refractivity contribution in [3.8, 4) is 0 Å². The van der Waals surface area contributed by atoms with E-state index in [0.717, 1.165) is 25.8 Å². The Morgan fingerprint density at radius 1 is 1.15 bits per heavy atom. The fraction of sp³-hybridized carbons (Fsp3) is 0.941. The zero-order chi connectivity index (χ0) is 19.9. The quantitative estimate of drug-likeness (QED) is 0.366. The maximum Gasteiger partial charge on any atom is 0.391 e. The van der Waals surface area contributed by atoms with Crippen LogP contribution in [0, 0.1) is 5.92 Å². The zero-order valence-electron chi connectivity index (χ0n) is 15.9. The number of hydrogen-bond acceptors (Lipinski definition) is 5. The lowest BCUT2D eigenvalue weighted by Crippen LogP contribution is -2.68. The van der Waals surface area contributed by atoms with E-state index in [2.05, 4.69) is 26.6 Å². The van der Waals surface area contributed by atoms with Crippen LogP contribution in [0.4, 0.5) is 18.0 Å². The summed E-state index contributed by atoms with van der Waals surface area (Å²) in [5.74, 6) is -1.33. The predicted molar refractivity (Wildman–Crippen MR) is 97.7 cm³/mol. The Morgan fingerprint density at radius 2 is 1.93 bits per heavy atom. The first-order valence-corrected chi connectivity index (χ1v) is 9.87. The van der Waals surface area contributed by atoms with E-state index < -0.39 is 30.5 Å². The summed E-state index contributed by atoms with van der Waals surface area (Å²) in [7, 11) is 0. The molecule has 1 aliphatic heterocycles. The molecular weight excluding hydrogens is 361 g/mol. The minimum Gasteiger partial charge on any atom is -0.335 e. The number of halogens is 3. The number of alkyl halides is 3. The summed E-state index contributed by atoms with van der Waals surface area (Å²) in [5, 5.41) is 15.3. The fourth-order valence-corrected chi connectivity index (χ4v) is 3.77. The molecule has 1 saturated heterocycles. The van der Waals surface area contributed by atoms with Crippen molar-refractivity contribution in [3.05, 3.63) is 0 Å².